The number of nitrogens with zero attached hydrogens (tertiary/aromatic N) is 3. The van der Waals surface area contributed by atoms with Gasteiger partial charge in [-0.25, -0.2) is 9.89 Å². The molecule has 5 nitrogen and oxygen atoms in total. The third-order valence-electron chi connectivity index (χ3n) is 2.36. The Bertz CT molecular complexity index is 473. The Hall–Kier alpha value is -1.91. The van der Waals surface area contributed by atoms with Crippen molar-refractivity contribution in [1.82, 2.24) is 20.2 Å². The first-order valence-electron chi connectivity index (χ1n) is 4.87. The van der Waals surface area contributed by atoms with Crippen LogP contribution in [0, 0.1) is 0 Å². The second-order valence-corrected chi connectivity index (χ2v) is 3.29. The maximum atomic E-state index is 11.4. The number of rotatable bonds is 3. The van der Waals surface area contributed by atoms with E-state index in [4.69, 9.17) is 0 Å². The van der Waals surface area contributed by atoms with Gasteiger partial charge in [0.1, 0.15) is 0 Å². The molecule has 0 aliphatic carbocycles. The number of nitrogens with one attached hydrogen (secondary N) is 1. The Balaban J connectivity index is 2.42. The van der Waals surface area contributed by atoms with Crippen LogP contribution in [-0.2, 0) is 0 Å². The Morgan fingerprint density at radius 3 is 2.67 bits per heavy atom. The first kappa shape index (κ1) is 9.64. The zero-order valence-corrected chi connectivity index (χ0v) is 8.42. The molecule has 0 fully saturated rings. The molecular formula is C10H12N4O. The van der Waals surface area contributed by atoms with Crippen LogP contribution in [0.3, 0.4) is 0 Å². The summed E-state index contributed by atoms with van der Waals surface area (Å²) in [5.74, 6) is 0. The van der Waals surface area contributed by atoms with Crippen molar-refractivity contribution in [2.24, 2.45) is 0 Å². The van der Waals surface area contributed by atoms with E-state index in [1.807, 2.05) is 37.3 Å². The molecule has 2 aromatic rings. The van der Waals surface area contributed by atoms with Gasteiger partial charge in [0.25, 0.3) is 0 Å². The molecule has 1 unspecified atom stereocenters. The van der Waals surface area contributed by atoms with Gasteiger partial charge in [0.15, 0.2) is 0 Å². The zero-order valence-electron chi connectivity index (χ0n) is 8.42. The van der Waals surface area contributed by atoms with E-state index in [0.717, 1.165) is 12.0 Å². The minimum atomic E-state index is -0.272. The predicted octanol–water partition coefficient (Wildman–Crippen LogP) is 0.966. The lowest BCUT2D eigenvalue weighted by Gasteiger charge is -2.13. The highest BCUT2D eigenvalue weighted by Gasteiger charge is 2.14. The number of H-pyrrole nitrogens is 1. The summed E-state index contributed by atoms with van der Waals surface area (Å²) in [6.45, 7) is 2.01. The van der Waals surface area contributed by atoms with E-state index in [-0.39, 0.29) is 11.7 Å². The highest BCUT2D eigenvalue weighted by Crippen LogP contribution is 2.18. The van der Waals surface area contributed by atoms with Gasteiger partial charge in [-0.05, 0) is 22.4 Å². The van der Waals surface area contributed by atoms with Crippen LogP contribution < -0.4 is 5.69 Å². The first-order chi connectivity index (χ1) is 7.33. The van der Waals surface area contributed by atoms with E-state index >= 15 is 0 Å². The van der Waals surface area contributed by atoms with Gasteiger partial charge in [0.05, 0.1) is 6.04 Å². The molecule has 0 saturated heterocycles. The fourth-order valence-electron chi connectivity index (χ4n) is 1.63. The van der Waals surface area contributed by atoms with Crippen LogP contribution in [0.4, 0.5) is 0 Å². The summed E-state index contributed by atoms with van der Waals surface area (Å²) in [6, 6.07) is 9.76. The number of tetrazole rings is 1. The first-order valence-corrected chi connectivity index (χ1v) is 4.87. The third kappa shape index (κ3) is 1.81. The lowest BCUT2D eigenvalue weighted by atomic mass is 10.1. The van der Waals surface area contributed by atoms with Crippen molar-refractivity contribution in [2.45, 2.75) is 19.4 Å². The van der Waals surface area contributed by atoms with Crippen LogP contribution in [0.15, 0.2) is 35.1 Å². The van der Waals surface area contributed by atoms with E-state index in [2.05, 4.69) is 15.5 Å². The average Bonchev–Trinajstić information content (AvgIpc) is 2.68. The molecule has 1 aromatic carbocycles. The lowest BCUT2D eigenvalue weighted by Crippen LogP contribution is -2.24. The van der Waals surface area contributed by atoms with Crippen molar-refractivity contribution in [3.05, 3.63) is 46.4 Å². The smallest absolute Gasteiger partial charge is 0.244 e. The molecule has 2 rings (SSSR count). The van der Waals surface area contributed by atoms with Crippen molar-refractivity contribution >= 4 is 0 Å². The van der Waals surface area contributed by atoms with Crippen molar-refractivity contribution in [2.75, 3.05) is 0 Å². The third-order valence-corrected chi connectivity index (χ3v) is 2.36. The van der Waals surface area contributed by atoms with Crippen LogP contribution in [-0.4, -0.2) is 20.2 Å². The van der Waals surface area contributed by atoms with Gasteiger partial charge >= 0.3 is 5.69 Å². The lowest BCUT2D eigenvalue weighted by molar-refractivity contribution is 0.481. The van der Waals surface area contributed by atoms with Gasteiger partial charge in [-0.2, -0.15) is 4.68 Å². The van der Waals surface area contributed by atoms with Crippen LogP contribution in [0.1, 0.15) is 24.9 Å². The van der Waals surface area contributed by atoms with E-state index in [9.17, 15) is 4.79 Å². The van der Waals surface area contributed by atoms with Crippen molar-refractivity contribution in [1.29, 1.82) is 0 Å². The highest BCUT2D eigenvalue weighted by atomic mass is 16.2. The van der Waals surface area contributed by atoms with Gasteiger partial charge in [-0.15, -0.1) is 0 Å². The Labute approximate surface area is 86.7 Å². The van der Waals surface area contributed by atoms with E-state index in [0.29, 0.717) is 0 Å². The molecule has 1 N–H and O–H groups in total. The normalized spacial score (nSPS) is 12.6. The van der Waals surface area contributed by atoms with Crippen molar-refractivity contribution in [3.8, 4) is 0 Å². The Kier molecular flexibility index (Phi) is 2.62. The van der Waals surface area contributed by atoms with Crippen LogP contribution in [0.25, 0.3) is 0 Å². The molecule has 0 aliphatic rings. The summed E-state index contributed by atoms with van der Waals surface area (Å²) >= 11 is 0. The molecule has 1 atom stereocenters. The summed E-state index contributed by atoms with van der Waals surface area (Å²) in [7, 11) is 0. The molecule has 78 valence electrons. The SMILES string of the molecule is CCC(c1ccccc1)n1nn[nH]c1=O. The molecular weight excluding hydrogens is 192 g/mol. The molecule has 15 heavy (non-hydrogen) atoms. The van der Waals surface area contributed by atoms with Crippen LogP contribution in [0.5, 0.6) is 0 Å². The predicted molar refractivity (Wildman–Crippen MR) is 55.5 cm³/mol. The fourth-order valence-corrected chi connectivity index (χ4v) is 1.63. The molecule has 1 aromatic heterocycles. The van der Waals surface area contributed by atoms with E-state index in [1.54, 1.807) is 0 Å². The highest BCUT2D eigenvalue weighted by molar-refractivity contribution is 5.18. The van der Waals surface area contributed by atoms with Gasteiger partial charge in [0, 0.05) is 0 Å². The van der Waals surface area contributed by atoms with Crippen LogP contribution >= 0.6 is 0 Å². The molecule has 0 bridgehead atoms. The van der Waals surface area contributed by atoms with E-state index in [1.165, 1.54) is 4.68 Å². The maximum absolute atomic E-state index is 11.4. The number of hydrogen-bond acceptors (Lipinski definition) is 3. The number of hydrogen-bond donors (Lipinski definition) is 1. The number of benzene rings is 1. The largest absolute Gasteiger partial charge is 0.361 e. The molecule has 0 amide bonds. The molecule has 0 aliphatic heterocycles. The summed E-state index contributed by atoms with van der Waals surface area (Å²) in [4.78, 5) is 11.4. The summed E-state index contributed by atoms with van der Waals surface area (Å²) in [5, 5.41) is 9.55. The number of aromatic amines is 1. The van der Waals surface area contributed by atoms with E-state index < -0.39 is 0 Å². The zero-order chi connectivity index (χ0) is 10.7. The quantitative estimate of drug-likeness (QED) is 0.810. The second kappa shape index (κ2) is 4.08. The van der Waals surface area contributed by atoms with Crippen molar-refractivity contribution < 1.29 is 0 Å². The minimum Gasteiger partial charge on any atom is -0.244 e. The fraction of sp³-hybridized carbons (Fsp3) is 0.300. The van der Waals surface area contributed by atoms with Gasteiger partial charge in [-0.1, -0.05) is 37.3 Å². The summed E-state index contributed by atoms with van der Waals surface area (Å²) in [6.07, 6.45) is 0.802. The Morgan fingerprint density at radius 1 is 1.40 bits per heavy atom. The topological polar surface area (TPSA) is 63.6 Å². The Morgan fingerprint density at radius 2 is 2.13 bits per heavy atom. The average molecular weight is 204 g/mol. The molecule has 0 radical (unpaired) electrons. The van der Waals surface area contributed by atoms with Gasteiger partial charge in [-0.3, -0.25) is 0 Å². The van der Waals surface area contributed by atoms with Gasteiger partial charge < -0.3 is 0 Å². The molecule has 5 heteroatoms. The molecule has 1 heterocycles. The van der Waals surface area contributed by atoms with Crippen LogP contribution in [0.2, 0.25) is 0 Å². The standard InChI is InChI=1S/C10H12N4O/c1-2-9(8-6-4-3-5-7-8)14-10(15)11-12-13-14/h3-7,9H,2H2,1H3,(H,11,13,15). The molecule has 0 spiro atoms. The summed E-state index contributed by atoms with van der Waals surface area (Å²) in [5.41, 5.74) is 0.793. The maximum Gasteiger partial charge on any atom is 0.361 e. The van der Waals surface area contributed by atoms with Crippen molar-refractivity contribution in [3.63, 3.8) is 0 Å². The summed E-state index contributed by atoms with van der Waals surface area (Å²) < 4.78 is 1.37. The van der Waals surface area contributed by atoms with Gasteiger partial charge in [0.2, 0.25) is 0 Å². The second-order valence-electron chi connectivity index (χ2n) is 3.29. The monoisotopic (exact) mass is 204 g/mol. The molecule has 0 saturated carbocycles. The number of aromatic nitrogens is 4. The minimum absolute atomic E-state index is 0.0440.